The molecule has 20 heavy (non-hydrogen) atoms. The number of amides is 1. The summed E-state index contributed by atoms with van der Waals surface area (Å²) in [7, 11) is 0. The number of halogens is 2. The van der Waals surface area contributed by atoms with Crippen molar-refractivity contribution in [2.45, 2.75) is 6.92 Å². The maximum atomic E-state index is 12.1. The highest BCUT2D eigenvalue weighted by Gasteiger charge is 2.08. The van der Waals surface area contributed by atoms with Gasteiger partial charge in [0.25, 0.3) is 5.91 Å². The molecule has 0 fully saturated rings. The van der Waals surface area contributed by atoms with E-state index in [1.807, 2.05) is 0 Å². The zero-order valence-corrected chi connectivity index (χ0v) is 13.0. The standard InChI is InChI=1S/C15H11BrClNO2/c1-9(19)10-2-5-12(6-3-10)18-15(20)11-4-7-14(17)13(16)8-11/h2-8H,1H3,(H,18,20). The summed E-state index contributed by atoms with van der Waals surface area (Å²) in [6.45, 7) is 1.50. The number of rotatable bonds is 3. The number of carbonyl (C=O) groups excluding carboxylic acids is 2. The second-order valence-electron chi connectivity index (χ2n) is 4.22. The molecule has 0 aliphatic rings. The SMILES string of the molecule is CC(=O)c1ccc(NC(=O)c2ccc(Cl)c(Br)c2)cc1. The largest absolute Gasteiger partial charge is 0.322 e. The quantitative estimate of drug-likeness (QED) is 0.823. The average molecular weight is 353 g/mol. The number of nitrogens with one attached hydrogen (secondary N) is 1. The number of ketones is 1. The Labute approximate surface area is 130 Å². The molecule has 0 bridgehead atoms. The fourth-order valence-electron chi connectivity index (χ4n) is 1.63. The highest BCUT2D eigenvalue weighted by atomic mass is 79.9. The van der Waals surface area contributed by atoms with Crippen LogP contribution >= 0.6 is 27.5 Å². The summed E-state index contributed by atoms with van der Waals surface area (Å²) >= 11 is 9.16. The van der Waals surface area contributed by atoms with E-state index in [4.69, 9.17) is 11.6 Å². The highest BCUT2D eigenvalue weighted by molar-refractivity contribution is 9.10. The Kier molecular flexibility index (Phi) is 4.57. The first kappa shape index (κ1) is 14.8. The van der Waals surface area contributed by atoms with Gasteiger partial charge in [-0.15, -0.1) is 0 Å². The molecule has 3 nitrogen and oxygen atoms in total. The van der Waals surface area contributed by atoms with E-state index in [1.54, 1.807) is 42.5 Å². The lowest BCUT2D eigenvalue weighted by atomic mass is 10.1. The van der Waals surface area contributed by atoms with Crippen molar-refractivity contribution >= 4 is 44.9 Å². The molecule has 102 valence electrons. The van der Waals surface area contributed by atoms with Crippen molar-refractivity contribution < 1.29 is 9.59 Å². The number of carbonyl (C=O) groups is 2. The molecule has 2 aromatic rings. The van der Waals surface area contributed by atoms with Crippen LogP contribution in [0.15, 0.2) is 46.9 Å². The van der Waals surface area contributed by atoms with Gasteiger partial charge >= 0.3 is 0 Å². The van der Waals surface area contributed by atoms with Crippen molar-refractivity contribution in [1.82, 2.24) is 0 Å². The Morgan fingerprint density at radius 1 is 1.05 bits per heavy atom. The molecular formula is C15H11BrClNO2. The maximum absolute atomic E-state index is 12.1. The van der Waals surface area contributed by atoms with Crippen LogP contribution in [-0.2, 0) is 0 Å². The molecule has 0 atom stereocenters. The molecule has 0 saturated carbocycles. The Hall–Kier alpha value is -1.65. The van der Waals surface area contributed by atoms with E-state index in [1.165, 1.54) is 6.92 Å². The molecule has 0 heterocycles. The van der Waals surface area contributed by atoms with Gasteiger partial charge in [-0.1, -0.05) is 11.6 Å². The molecule has 0 aromatic heterocycles. The average Bonchev–Trinajstić information content (AvgIpc) is 2.42. The predicted molar refractivity (Wildman–Crippen MR) is 83.6 cm³/mol. The van der Waals surface area contributed by atoms with Crippen LogP contribution < -0.4 is 5.32 Å². The van der Waals surface area contributed by atoms with Gasteiger partial charge in [0.05, 0.1) is 5.02 Å². The van der Waals surface area contributed by atoms with Crippen LogP contribution in [0.4, 0.5) is 5.69 Å². The van der Waals surface area contributed by atoms with E-state index in [-0.39, 0.29) is 11.7 Å². The first-order valence-corrected chi connectivity index (χ1v) is 7.02. The second-order valence-corrected chi connectivity index (χ2v) is 5.48. The van der Waals surface area contributed by atoms with Gasteiger partial charge in [-0.3, -0.25) is 9.59 Å². The van der Waals surface area contributed by atoms with Crippen molar-refractivity contribution in [2.24, 2.45) is 0 Å². The Morgan fingerprint density at radius 2 is 1.65 bits per heavy atom. The Morgan fingerprint density at radius 3 is 2.20 bits per heavy atom. The monoisotopic (exact) mass is 351 g/mol. The molecule has 5 heteroatoms. The van der Waals surface area contributed by atoms with Gasteiger partial charge in [0.1, 0.15) is 0 Å². The first-order chi connectivity index (χ1) is 9.47. The van der Waals surface area contributed by atoms with E-state index in [0.29, 0.717) is 26.3 Å². The van der Waals surface area contributed by atoms with Gasteiger partial charge in [0.2, 0.25) is 0 Å². The first-order valence-electron chi connectivity index (χ1n) is 5.85. The van der Waals surface area contributed by atoms with Crippen molar-refractivity contribution in [3.63, 3.8) is 0 Å². The lowest BCUT2D eigenvalue weighted by Crippen LogP contribution is -2.11. The van der Waals surface area contributed by atoms with Crippen LogP contribution in [0, 0.1) is 0 Å². The van der Waals surface area contributed by atoms with E-state index in [2.05, 4.69) is 21.2 Å². The third kappa shape index (κ3) is 3.46. The summed E-state index contributed by atoms with van der Waals surface area (Å²) in [6, 6.07) is 11.7. The van der Waals surface area contributed by atoms with Gasteiger partial charge in [-0.25, -0.2) is 0 Å². The normalized spacial score (nSPS) is 10.2. The van der Waals surface area contributed by atoms with E-state index >= 15 is 0 Å². The lowest BCUT2D eigenvalue weighted by molar-refractivity contribution is 0.101. The Balaban J connectivity index is 2.14. The van der Waals surface area contributed by atoms with Crippen LogP contribution in [0.5, 0.6) is 0 Å². The molecule has 0 saturated heterocycles. The van der Waals surface area contributed by atoms with Crippen molar-refractivity contribution in [1.29, 1.82) is 0 Å². The molecular weight excluding hydrogens is 342 g/mol. The summed E-state index contributed by atoms with van der Waals surface area (Å²) < 4.78 is 0.666. The third-order valence-electron chi connectivity index (χ3n) is 2.73. The molecule has 0 unspecified atom stereocenters. The number of hydrogen-bond acceptors (Lipinski definition) is 2. The van der Waals surface area contributed by atoms with E-state index in [9.17, 15) is 9.59 Å². The number of Topliss-reactive ketones (excluding diaryl/α,β-unsaturated/α-hetero) is 1. The van der Waals surface area contributed by atoms with Gasteiger partial charge in [-0.05, 0) is 65.3 Å². The molecule has 2 aromatic carbocycles. The molecule has 0 spiro atoms. The fraction of sp³-hybridized carbons (Fsp3) is 0.0667. The summed E-state index contributed by atoms with van der Waals surface area (Å²) in [5.41, 5.74) is 1.74. The second kappa shape index (κ2) is 6.20. The lowest BCUT2D eigenvalue weighted by Gasteiger charge is -2.06. The molecule has 1 amide bonds. The third-order valence-corrected chi connectivity index (χ3v) is 3.95. The molecule has 0 radical (unpaired) electrons. The molecule has 0 aliphatic carbocycles. The van der Waals surface area contributed by atoms with Crippen LogP contribution in [0.2, 0.25) is 5.02 Å². The van der Waals surface area contributed by atoms with Crippen molar-refractivity contribution in [3.8, 4) is 0 Å². The molecule has 2 rings (SSSR count). The number of hydrogen-bond donors (Lipinski definition) is 1. The smallest absolute Gasteiger partial charge is 0.255 e. The molecule has 1 N–H and O–H groups in total. The topological polar surface area (TPSA) is 46.2 Å². The highest BCUT2D eigenvalue weighted by Crippen LogP contribution is 2.23. The summed E-state index contributed by atoms with van der Waals surface area (Å²) in [5.74, 6) is -0.248. The minimum Gasteiger partial charge on any atom is -0.322 e. The van der Waals surface area contributed by atoms with Gasteiger partial charge < -0.3 is 5.32 Å². The van der Waals surface area contributed by atoms with Gasteiger partial charge in [-0.2, -0.15) is 0 Å². The van der Waals surface area contributed by atoms with Crippen molar-refractivity contribution in [3.05, 3.63) is 63.1 Å². The van der Waals surface area contributed by atoms with Gasteiger partial charge in [0.15, 0.2) is 5.78 Å². The minimum absolute atomic E-state index is 0.00971. The fourth-order valence-corrected chi connectivity index (χ4v) is 2.13. The van der Waals surface area contributed by atoms with E-state index < -0.39 is 0 Å². The van der Waals surface area contributed by atoms with Crippen LogP contribution in [0.3, 0.4) is 0 Å². The number of anilines is 1. The van der Waals surface area contributed by atoms with Crippen LogP contribution in [0.25, 0.3) is 0 Å². The zero-order chi connectivity index (χ0) is 14.7. The van der Waals surface area contributed by atoms with Crippen LogP contribution in [0.1, 0.15) is 27.6 Å². The zero-order valence-electron chi connectivity index (χ0n) is 10.6. The molecule has 0 aliphatic heterocycles. The predicted octanol–water partition coefficient (Wildman–Crippen LogP) is 4.56. The van der Waals surface area contributed by atoms with Crippen LogP contribution in [-0.4, -0.2) is 11.7 Å². The van der Waals surface area contributed by atoms with Crippen molar-refractivity contribution in [2.75, 3.05) is 5.32 Å². The summed E-state index contributed by atoms with van der Waals surface area (Å²) in [5, 5.41) is 3.31. The Bertz CT molecular complexity index is 668. The summed E-state index contributed by atoms with van der Waals surface area (Å²) in [4.78, 5) is 23.2. The summed E-state index contributed by atoms with van der Waals surface area (Å²) in [6.07, 6.45) is 0. The minimum atomic E-state index is -0.238. The maximum Gasteiger partial charge on any atom is 0.255 e. The van der Waals surface area contributed by atoms with E-state index in [0.717, 1.165) is 0 Å². The number of benzene rings is 2. The van der Waals surface area contributed by atoms with Gasteiger partial charge in [0, 0.05) is 21.3 Å².